The van der Waals surface area contributed by atoms with Crippen molar-refractivity contribution in [2.75, 3.05) is 19.7 Å². The van der Waals surface area contributed by atoms with Crippen LogP contribution in [-0.4, -0.2) is 53.7 Å². The Balaban J connectivity index is 1.41. The summed E-state index contributed by atoms with van der Waals surface area (Å²) in [5.41, 5.74) is 4.02. The summed E-state index contributed by atoms with van der Waals surface area (Å²) in [5, 5.41) is 12.3. The van der Waals surface area contributed by atoms with Crippen molar-refractivity contribution in [1.82, 2.24) is 10.2 Å². The van der Waals surface area contributed by atoms with Gasteiger partial charge in [-0.25, -0.2) is 4.79 Å². The zero-order valence-electron chi connectivity index (χ0n) is 19.9. The first kappa shape index (κ1) is 23.8. The van der Waals surface area contributed by atoms with E-state index in [4.69, 9.17) is 4.74 Å². The largest absolute Gasteiger partial charge is 0.481 e. The van der Waals surface area contributed by atoms with Crippen molar-refractivity contribution >= 4 is 18.0 Å². The van der Waals surface area contributed by atoms with Crippen molar-refractivity contribution in [2.24, 2.45) is 11.3 Å². The molecule has 2 amide bonds. The molecule has 0 bridgehead atoms. The van der Waals surface area contributed by atoms with Crippen LogP contribution < -0.4 is 5.32 Å². The van der Waals surface area contributed by atoms with E-state index in [2.05, 4.69) is 29.6 Å². The Labute approximate surface area is 200 Å². The van der Waals surface area contributed by atoms with Gasteiger partial charge in [-0.05, 0) is 34.1 Å². The summed E-state index contributed by atoms with van der Waals surface area (Å²) in [6.45, 7) is 6.31. The summed E-state index contributed by atoms with van der Waals surface area (Å²) in [6.07, 6.45) is 0.513. The number of hydrogen-bond acceptors (Lipinski definition) is 4. The normalized spacial score (nSPS) is 19.3. The highest BCUT2D eigenvalue weighted by atomic mass is 16.5. The molecule has 2 N–H and O–H groups in total. The van der Waals surface area contributed by atoms with E-state index >= 15 is 0 Å². The number of nitrogens with zero attached hydrogens (tertiary/aromatic N) is 1. The fourth-order valence-electron chi connectivity index (χ4n) is 5.26. The number of benzene rings is 2. The highest BCUT2D eigenvalue weighted by molar-refractivity contribution is 5.87. The third kappa shape index (κ3) is 4.52. The molecule has 7 nitrogen and oxygen atoms in total. The van der Waals surface area contributed by atoms with Gasteiger partial charge in [-0.1, -0.05) is 75.7 Å². The van der Waals surface area contributed by atoms with Gasteiger partial charge in [0.15, 0.2) is 0 Å². The molecule has 1 fully saturated rings. The lowest BCUT2D eigenvalue weighted by molar-refractivity contribution is -0.144. The van der Waals surface area contributed by atoms with Crippen molar-refractivity contribution in [3.8, 4) is 11.1 Å². The van der Waals surface area contributed by atoms with Gasteiger partial charge in [0.2, 0.25) is 5.91 Å². The Morgan fingerprint density at radius 1 is 1.09 bits per heavy atom. The van der Waals surface area contributed by atoms with Crippen LogP contribution in [0.2, 0.25) is 0 Å². The van der Waals surface area contributed by atoms with Gasteiger partial charge in [0.25, 0.3) is 0 Å². The van der Waals surface area contributed by atoms with Gasteiger partial charge in [0.1, 0.15) is 12.6 Å². The van der Waals surface area contributed by atoms with E-state index in [1.165, 1.54) is 0 Å². The first-order valence-corrected chi connectivity index (χ1v) is 11.9. The molecular formula is C27H32N2O5. The Hall–Kier alpha value is -3.35. The highest BCUT2D eigenvalue weighted by Gasteiger charge is 2.46. The number of carboxylic acids is 1. The van der Waals surface area contributed by atoms with Crippen LogP contribution in [0.5, 0.6) is 0 Å². The number of amides is 2. The van der Waals surface area contributed by atoms with Crippen molar-refractivity contribution in [3.05, 3.63) is 59.7 Å². The standard InChI is InChI=1S/C27H32N2O5/c1-4-9-23(24(30)29-14-22(25(31)32)27(2,3)16-29)28-26(33)34-15-21-19-12-7-5-10-17(19)18-11-6-8-13-20(18)21/h5-8,10-13,21-23H,4,9,14-16H2,1-3H3,(H,28,33)(H,31,32). The van der Waals surface area contributed by atoms with E-state index in [-0.39, 0.29) is 25.0 Å². The van der Waals surface area contributed by atoms with Gasteiger partial charge < -0.3 is 20.1 Å². The van der Waals surface area contributed by atoms with Crippen LogP contribution in [0.15, 0.2) is 48.5 Å². The van der Waals surface area contributed by atoms with Crippen LogP contribution in [0.1, 0.15) is 50.7 Å². The van der Waals surface area contributed by atoms with Crippen LogP contribution in [0.25, 0.3) is 11.1 Å². The number of nitrogens with one attached hydrogen (secondary N) is 1. The Bertz CT molecular complexity index is 1050. The van der Waals surface area contributed by atoms with Gasteiger partial charge in [-0.15, -0.1) is 0 Å². The molecule has 2 unspecified atom stereocenters. The molecule has 0 spiro atoms. The van der Waals surface area contributed by atoms with E-state index in [1.807, 2.05) is 45.0 Å². The van der Waals surface area contributed by atoms with Crippen LogP contribution in [0.4, 0.5) is 4.79 Å². The second-order valence-corrected chi connectivity index (χ2v) is 9.91. The van der Waals surface area contributed by atoms with Crippen molar-refractivity contribution in [2.45, 2.75) is 45.6 Å². The lowest BCUT2D eigenvalue weighted by atomic mass is 9.82. The van der Waals surface area contributed by atoms with E-state index in [0.717, 1.165) is 22.3 Å². The lowest BCUT2D eigenvalue weighted by Crippen LogP contribution is -2.48. The Morgan fingerprint density at radius 2 is 1.68 bits per heavy atom. The molecule has 2 aliphatic rings. The molecule has 1 heterocycles. The Morgan fingerprint density at radius 3 is 2.21 bits per heavy atom. The maximum absolute atomic E-state index is 13.2. The average Bonchev–Trinajstić information content (AvgIpc) is 3.31. The molecule has 34 heavy (non-hydrogen) atoms. The lowest BCUT2D eigenvalue weighted by Gasteiger charge is -2.25. The molecule has 1 aliphatic carbocycles. The van der Waals surface area contributed by atoms with Gasteiger partial charge in [0.05, 0.1) is 5.92 Å². The van der Waals surface area contributed by atoms with Crippen LogP contribution >= 0.6 is 0 Å². The van der Waals surface area contributed by atoms with Crippen LogP contribution in [0.3, 0.4) is 0 Å². The van der Waals surface area contributed by atoms with Crippen molar-refractivity contribution in [3.63, 3.8) is 0 Å². The summed E-state index contributed by atoms with van der Waals surface area (Å²) in [6, 6.07) is 15.5. The fraction of sp³-hybridized carbons (Fsp3) is 0.444. The third-order valence-electron chi connectivity index (χ3n) is 7.07. The first-order valence-electron chi connectivity index (χ1n) is 11.9. The molecule has 7 heteroatoms. The van der Waals surface area contributed by atoms with Crippen molar-refractivity contribution in [1.29, 1.82) is 0 Å². The number of aliphatic carboxylic acids is 1. The predicted octanol–water partition coefficient (Wildman–Crippen LogP) is 4.26. The predicted molar refractivity (Wildman–Crippen MR) is 128 cm³/mol. The number of carbonyl (C=O) groups is 3. The molecule has 2 aromatic rings. The molecule has 1 aliphatic heterocycles. The second-order valence-electron chi connectivity index (χ2n) is 9.91. The van der Waals surface area contributed by atoms with E-state index in [0.29, 0.717) is 19.4 Å². The minimum Gasteiger partial charge on any atom is -0.481 e. The Kier molecular flexibility index (Phi) is 6.64. The number of likely N-dealkylation sites (tertiary alicyclic amines) is 1. The van der Waals surface area contributed by atoms with Crippen molar-refractivity contribution < 1.29 is 24.2 Å². The number of fused-ring (bicyclic) bond motifs is 3. The summed E-state index contributed by atoms with van der Waals surface area (Å²) < 4.78 is 5.61. The monoisotopic (exact) mass is 464 g/mol. The second kappa shape index (κ2) is 9.49. The highest BCUT2D eigenvalue weighted by Crippen LogP contribution is 2.44. The molecule has 1 saturated heterocycles. The number of carbonyl (C=O) groups excluding carboxylic acids is 2. The topological polar surface area (TPSA) is 95.9 Å². The molecule has 4 rings (SSSR count). The molecule has 2 aromatic carbocycles. The van der Waals surface area contributed by atoms with Gasteiger partial charge in [0, 0.05) is 19.0 Å². The number of hydrogen-bond donors (Lipinski definition) is 2. The average molecular weight is 465 g/mol. The molecular weight excluding hydrogens is 432 g/mol. The molecule has 0 aromatic heterocycles. The van der Waals surface area contributed by atoms with Crippen LogP contribution in [-0.2, 0) is 14.3 Å². The number of carboxylic acid groups (broad SMARTS) is 1. The molecule has 0 saturated carbocycles. The van der Waals surface area contributed by atoms with Gasteiger partial charge in [-0.2, -0.15) is 0 Å². The quantitative estimate of drug-likeness (QED) is 0.638. The number of alkyl carbamates (subject to hydrolysis) is 1. The number of ether oxygens (including phenoxy) is 1. The maximum Gasteiger partial charge on any atom is 0.407 e. The summed E-state index contributed by atoms with van der Waals surface area (Å²) in [5.74, 6) is -1.86. The van der Waals surface area contributed by atoms with E-state index < -0.39 is 29.4 Å². The third-order valence-corrected chi connectivity index (χ3v) is 7.07. The van der Waals surface area contributed by atoms with E-state index in [1.54, 1.807) is 4.90 Å². The zero-order valence-corrected chi connectivity index (χ0v) is 19.9. The summed E-state index contributed by atoms with van der Waals surface area (Å²) in [7, 11) is 0. The minimum atomic E-state index is -0.906. The van der Waals surface area contributed by atoms with Gasteiger partial charge >= 0.3 is 12.1 Å². The maximum atomic E-state index is 13.2. The summed E-state index contributed by atoms with van der Waals surface area (Å²) in [4.78, 5) is 39.1. The van der Waals surface area contributed by atoms with E-state index in [9.17, 15) is 19.5 Å². The molecule has 180 valence electrons. The first-order chi connectivity index (χ1) is 16.2. The fourth-order valence-corrected chi connectivity index (χ4v) is 5.26. The minimum absolute atomic E-state index is 0.0609. The zero-order chi connectivity index (χ0) is 24.5. The molecule has 2 atom stereocenters. The molecule has 0 radical (unpaired) electrons. The van der Waals surface area contributed by atoms with Crippen LogP contribution in [0, 0.1) is 11.3 Å². The summed E-state index contributed by atoms with van der Waals surface area (Å²) >= 11 is 0. The smallest absolute Gasteiger partial charge is 0.407 e. The van der Waals surface area contributed by atoms with Gasteiger partial charge in [-0.3, -0.25) is 9.59 Å². The SMILES string of the molecule is CCCC(NC(=O)OCC1c2ccccc2-c2ccccc21)C(=O)N1CC(C(=O)O)C(C)(C)C1. The number of rotatable bonds is 7.